The molecule has 2 aliphatic rings. The van der Waals surface area contributed by atoms with Gasteiger partial charge < -0.3 is 35.5 Å². The van der Waals surface area contributed by atoms with Crippen molar-refractivity contribution in [3.8, 4) is 0 Å². The van der Waals surface area contributed by atoms with Crippen molar-refractivity contribution in [2.24, 2.45) is 11.1 Å². The number of ether oxygens (including phenoxy) is 3. The van der Waals surface area contributed by atoms with Crippen LogP contribution in [0.3, 0.4) is 0 Å². The third-order valence-corrected chi connectivity index (χ3v) is 7.26. The second kappa shape index (κ2) is 11.9. The van der Waals surface area contributed by atoms with Gasteiger partial charge in [0.2, 0.25) is 6.79 Å². The van der Waals surface area contributed by atoms with Crippen LogP contribution in [-0.2, 0) is 23.8 Å². The van der Waals surface area contributed by atoms with E-state index < -0.39 is 36.2 Å². The molecule has 3 amide bonds. The van der Waals surface area contributed by atoms with Crippen molar-refractivity contribution < 1.29 is 33.4 Å². The molecule has 1 aliphatic carbocycles. The number of aryl methyl sites for hydroxylation is 1. The number of hydrogen-bond acceptors (Lipinski definition) is 8. The van der Waals surface area contributed by atoms with Crippen LogP contribution in [0, 0.1) is 12.3 Å². The van der Waals surface area contributed by atoms with E-state index in [0.29, 0.717) is 37.4 Å². The van der Waals surface area contributed by atoms with Crippen LogP contribution in [-0.4, -0.2) is 60.1 Å². The Morgan fingerprint density at radius 2 is 1.70 bits per heavy atom. The molecule has 220 valence electrons. The first-order chi connectivity index (χ1) is 18.5. The molecule has 0 bridgehead atoms. The van der Waals surface area contributed by atoms with Crippen molar-refractivity contribution >= 4 is 24.1 Å². The van der Waals surface area contributed by atoms with Crippen LogP contribution >= 0.6 is 0 Å². The molecular formula is C29H42N4O7. The molecule has 1 saturated carbocycles. The summed E-state index contributed by atoms with van der Waals surface area (Å²) < 4.78 is 14.7. The number of likely N-dealkylation sites (tertiary alicyclic amines) is 1. The topological polar surface area (TPSA) is 149 Å². The number of rotatable bonds is 8. The fourth-order valence-electron chi connectivity index (χ4n) is 4.79. The highest BCUT2D eigenvalue weighted by Gasteiger charge is 2.47. The van der Waals surface area contributed by atoms with Gasteiger partial charge in [0.1, 0.15) is 11.2 Å². The molecule has 0 spiro atoms. The lowest BCUT2D eigenvalue weighted by Crippen LogP contribution is -2.53. The van der Waals surface area contributed by atoms with Crippen LogP contribution in [0.2, 0.25) is 0 Å². The predicted molar refractivity (Wildman–Crippen MR) is 148 cm³/mol. The molecule has 1 heterocycles. The number of carbonyl (C=O) groups is 4. The lowest BCUT2D eigenvalue weighted by atomic mass is 9.70. The third-order valence-electron chi connectivity index (χ3n) is 7.26. The number of carbonyl (C=O) groups excluding carboxylic acids is 4. The van der Waals surface area contributed by atoms with E-state index in [4.69, 9.17) is 19.9 Å². The minimum absolute atomic E-state index is 0.156. The van der Waals surface area contributed by atoms with E-state index in [9.17, 15) is 19.2 Å². The Hall–Kier alpha value is -3.60. The lowest BCUT2D eigenvalue weighted by Gasteiger charge is -2.45. The molecule has 1 aliphatic heterocycles. The van der Waals surface area contributed by atoms with Crippen LogP contribution < -0.4 is 16.4 Å². The standard InChI is InChI=1S/C29H42N4O7/c1-18(2)22(23(34)33-15-12-21(27(4,5)16-33)20-10-8-19(3)9-11-20)31-25(36)32-28(6,7)40-26(37)39-17-38-24(35)29(30)13-14-29/h8-11,21H,12-17,30H2,1-7H3,(H2,31,32,36). The van der Waals surface area contributed by atoms with Crippen molar-refractivity contribution in [2.75, 3.05) is 19.9 Å². The lowest BCUT2D eigenvalue weighted by molar-refractivity contribution is -0.157. The zero-order valence-electron chi connectivity index (χ0n) is 24.5. The van der Waals surface area contributed by atoms with E-state index in [2.05, 4.69) is 55.7 Å². The molecule has 1 aromatic rings. The molecule has 3 rings (SSSR count). The maximum atomic E-state index is 13.5. The third kappa shape index (κ3) is 7.97. The molecule has 1 unspecified atom stereocenters. The summed E-state index contributed by atoms with van der Waals surface area (Å²) in [4.78, 5) is 51.8. The first-order valence-corrected chi connectivity index (χ1v) is 13.5. The number of allylic oxidation sites excluding steroid dienone is 1. The van der Waals surface area contributed by atoms with Crippen molar-refractivity contribution in [3.05, 3.63) is 46.7 Å². The van der Waals surface area contributed by atoms with Crippen molar-refractivity contribution in [1.29, 1.82) is 0 Å². The highest BCUT2D eigenvalue weighted by Crippen LogP contribution is 2.42. The van der Waals surface area contributed by atoms with Gasteiger partial charge in [-0.15, -0.1) is 0 Å². The highest BCUT2D eigenvalue weighted by molar-refractivity contribution is 5.98. The molecule has 40 heavy (non-hydrogen) atoms. The predicted octanol–water partition coefficient (Wildman–Crippen LogP) is 3.81. The van der Waals surface area contributed by atoms with Gasteiger partial charge in [0, 0.05) is 13.1 Å². The second-order valence-corrected chi connectivity index (χ2v) is 12.1. The highest BCUT2D eigenvalue weighted by atomic mass is 16.8. The van der Waals surface area contributed by atoms with E-state index in [1.165, 1.54) is 25.0 Å². The zero-order chi connectivity index (χ0) is 29.9. The molecule has 2 fully saturated rings. The molecule has 11 heteroatoms. The van der Waals surface area contributed by atoms with Gasteiger partial charge in [0.15, 0.2) is 5.72 Å². The summed E-state index contributed by atoms with van der Waals surface area (Å²) in [7, 11) is 0. The summed E-state index contributed by atoms with van der Waals surface area (Å²) in [6.07, 6.45) is 0.677. The number of nitrogens with one attached hydrogen (secondary N) is 2. The van der Waals surface area contributed by atoms with Gasteiger partial charge in [-0.2, -0.15) is 0 Å². The molecule has 0 aromatic heterocycles. The first-order valence-electron chi connectivity index (χ1n) is 13.5. The minimum Gasteiger partial charge on any atom is -0.426 e. The molecule has 0 radical (unpaired) electrons. The van der Waals surface area contributed by atoms with E-state index in [0.717, 1.165) is 6.42 Å². The average Bonchev–Trinajstić information content (AvgIpc) is 3.60. The van der Waals surface area contributed by atoms with E-state index in [1.54, 1.807) is 18.7 Å². The Bertz CT molecular complexity index is 1170. The quantitative estimate of drug-likeness (QED) is 0.248. The van der Waals surface area contributed by atoms with Gasteiger partial charge >= 0.3 is 18.2 Å². The summed E-state index contributed by atoms with van der Waals surface area (Å²) in [5, 5.41) is 5.13. The minimum atomic E-state index is -1.50. The van der Waals surface area contributed by atoms with Crippen LogP contribution in [0.25, 0.3) is 0 Å². The fourth-order valence-corrected chi connectivity index (χ4v) is 4.79. The molecule has 1 aromatic carbocycles. The number of nitrogens with zero attached hydrogens (tertiary/aromatic N) is 1. The SMILES string of the molecule is CC(C)=C(NC(=O)NC(C)(C)OC(=O)OCOC(=O)C1(N)CC1)C(=O)N1CCC(c2ccc(C)cc2)C(C)(C)C1. The Labute approximate surface area is 235 Å². The fraction of sp³-hybridized carbons (Fsp3) is 0.586. The van der Waals surface area contributed by atoms with Crippen LogP contribution in [0.15, 0.2) is 35.5 Å². The van der Waals surface area contributed by atoms with Crippen molar-refractivity contribution in [3.63, 3.8) is 0 Å². The second-order valence-electron chi connectivity index (χ2n) is 12.1. The summed E-state index contributed by atoms with van der Waals surface area (Å²) in [5.41, 5.74) is 6.28. The van der Waals surface area contributed by atoms with Crippen molar-refractivity contribution in [2.45, 2.75) is 84.9 Å². The first kappa shape index (κ1) is 30.9. The number of esters is 1. The number of hydrogen-bond donors (Lipinski definition) is 3. The van der Waals surface area contributed by atoms with Gasteiger partial charge in [-0.25, -0.2) is 14.4 Å². The normalized spacial score (nSPS) is 19.1. The Morgan fingerprint density at radius 3 is 2.25 bits per heavy atom. The molecule has 11 nitrogen and oxygen atoms in total. The van der Waals surface area contributed by atoms with Gasteiger partial charge in [0.05, 0.1) is 0 Å². The Kier molecular flexibility index (Phi) is 9.18. The van der Waals surface area contributed by atoms with Crippen LogP contribution in [0.5, 0.6) is 0 Å². The van der Waals surface area contributed by atoms with E-state index >= 15 is 0 Å². The number of amides is 3. The summed E-state index contributed by atoms with van der Waals surface area (Å²) in [6.45, 7) is 13.1. The van der Waals surface area contributed by atoms with Gasteiger partial charge in [0.25, 0.3) is 5.91 Å². The monoisotopic (exact) mass is 558 g/mol. The average molecular weight is 559 g/mol. The summed E-state index contributed by atoms with van der Waals surface area (Å²) in [5.74, 6) is -0.632. The molecule has 1 atom stereocenters. The summed E-state index contributed by atoms with van der Waals surface area (Å²) >= 11 is 0. The molecule has 4 N–H and O–H groups in total. The molecule has 1 saturated heterocycles. The van der Waals surface area contributed by atoms with Gasteiger partial charge in [-0.05, 0) is 76.4 Å². The van der Waals surface area contributed by atoms with Crippen molar-refractivity contribution in [1.82, 2.24) is 15.5 Å². The maximum absolute atomic E-state index is 13.5. The molecular weight excluding hydrogens is 516 g/mol. The van der Waals surface area contributed by atoms with Gasteiger partial charge in [-0.3, -0.25) is 4.79 Å². The largest absolute Gasteiger partial charge is 0.513 e. The smallest absolute Gasteiger partial charge is 0.426 e. The van der Waals surface area contributed by atoms with E-state index in [1.807, 2.05) is 0 Å². The van der Waals surface area contributed by atoms with Crippen LogP contribution in [0.4, 0.5) is 9.59 Å². The maximum Gasteiger partial charge on any atom is 0.513 e. The number of benzene rings is 1. The Morgan fingerprint density at radius 1 is 1.07 bits per heavy atom. The number of urea groups is 1. The number of piperidine rings is 1. The Balaban J connectivity index is 1.53. The van der Waals surface area contributed by atoms with Gasteiger partial charge in [-0.1, -0.05) is 43.7 Å². The van der Waals surface area contributed by atoms with Crippen LogP contribution in [0.1, 0.15) is 77.8 Å². The van der Waals surface area contributed by atoms with E-state index in [-0.39, 0.29) is 17.0 Å². The summed E-state index contributed by atoms with van der Waals surface area (Å²) in [6, 6.07) is 7.79. The zero-order valence-corrected chi connectivity index (χ0v) is 24.5. The number of nitrogens with two attached hydrogens (primary N) is 1.